The maximum absolute atomic E-state index is 13.1. The molecule has 1 nitrogen and oxygen atoms in total. The number of halogens is 3. The second kappa shape index (κ2) is 4.80. The molecule has 0 aliphatic heterocycles. The Kier molecular flexibility index (Phi) is 4.75. The van der Waals surface area contributed by atoms with Crippen LogP contribution in [0, 0.1) is 12.7 Å². The molecule has 0 radical (unpaired) electrons. The van der Waals surface area contributed by atoms with Gasteiger partial charge in [0.2, 0.25) is 0 Å². The first-order chi connectivity index (χ1) is 5.15. The molecule has 2 N–H and O–H groups in total. The second-order valence-electron chi connectivity index (χ2n) is 2.40. The standard InChI is InChI=1S/C8H9BrFN.ClH/c1-5-2-7(9)3-6(4-11)8(5)10;/h2-3H,4,11H2,1H3;1H. The average molecular weight is 255 g/mol. The maximum atomic E-state index is 13.1. The minimum absolute atomic E-state index is 0. The maximum Gasteiger partial charge on any atom is 0.130 e. The zero-order valence-corrected chi connectivity index (χ0v) is 9.01. The Morgan fingerprint density at radius 3 is 2.58 bits per heavy atom. The Morgan fingerprint density at radius 1 is 1.50 bits per heavy atom. The molecule has 1 rings (SSSR count). The predicted octanol–water partition coefficient (Wildman–Crippen LogP) is 2.78. The van der Waals surface area contributed by atoms with E-state index in [0.29, 0.717) is 11.1 Å². The van der Waals surface area contributed by atoms with Gasteiger partial charge in [-0.2, -0.15) is 0 Å². The van der Waals surface area contributed by atoms with Crippen LogP contribution in [0.25, 0.3) is 0 Å². The first kappa shape index (κ1) is 11.9. The van der Waals surface area contributed by atoms with Crippen molar-refractivity contribution in [2.45, 2.75) is 13.5 Å². The van der Waals surface area contributed by atoms with Crippen LogP contribution in [0.2, 0.25) is 0 Å². The summed E-state index contributed by atoms with van der Waals surface area (Å²) in [6.45, 7) is 1.96. The number of hydrogen-bond donors (Lipinski definition) is 1. The number of benzene rings is 1. The van der Waals surface area contributed by atoms with Crippen LogP contribution in [0.15, 0.2) is 16.6 Å². The summed E-state index contributed by atoms with van der Waals surface area (Å²) in [4.78, 5) is 0. The van der Waals surface area contributed by atoms with E-state index in [1.54, 1.807) is 19.1 Å². The molecule has 0 heterocycles. The summed E-state index contributed by atoms with van der Waals surface area (Å²) in [5.74, 6) is -0.198. The third-order valence-corrected chi connectivity index (χ3v) is 1.97. The third kappa shape index (κ3) is 2.44. The average Bonchev–Trinajstić information content (AvgIpc) is 1.96. The summed E-state index contributed by atoms with van der Waals surface area (Å²) in [7, 11) is 0. The van der Waals surface area contributed by atoms with Crippen molar-refractivity contribution in [2.24, 2.45) is 5.73 Å². The van der Waals surface area contributed by atoms with Gasteiger partial charge in [0.1, 0.15) is 5.82 Å². The van der Waals surface area contributed by atoms with Crippen molar-refractivity contribution in [2.75, 3.05) is 0 Å². The van der Waals surface area contributed by atoms with Crippen LogP contribution in [-0.2, 0) is 6.54 Å². The summed E-state index contributed by atoms with van der Waals surface area (Å²) in [5, 5.41) is 0. The molecule has 0 saturated heterocycles. The first-order valence-corrected chi connectivity index (χ1v) is 4.09. The van der Waals surface area contributed by atoms with E-state index in [1.165, 1.54) is 0 Å². The number of rotatable bonds is 1. The van der Waals surface area contributed by atoms with E-state index in [4.69, 9.17) is 5.73 Å². The van der Waals surface area contributed by atoms with Crippen LogP contribution >= 0.6 is 28.3 Å². The van der Waals surface area contributed by atoms with E-state index in [-0.39, 0.29) is 24.8 Å². The Hall–Kier alpha value is -0.120. The van der Waals surface area contributed by atoms with Gasteiger partial charge in [-0.05, 0) is 24.6 Å². The smallest absolute Gasteiger partial charge is 0.130 e. The van der Waals surface area contributed by atoms with Gasteiger partial charge in [0, 0.05) is 16.6 Å². The summed E-state index contributed by atoms with van der Waals surface area (Å²) in [5.41, 5.74) is 6.51. The molecule has 0 unspecified atom stereocenters. The van der Waals surface area contributed by atoms with Gasteiger partial charge in [0.25, 0.3) is 0 Å². The Labute approximate surface area is 85.7 Å². The molecule has 12 heavy (non-hydrogen) atoms. The molecule has 0 amide bonds. The quantitative estimate of drug-likeness (QED) is 0.819. The van der Waals surface area contributed by atoms with Crippen LogP contribution in [0.1, 0.15) is 11.1 Å². The second-order valence-corrected chi connectivity index (χ2v) is 3.32. The Bertz CT molecular complexity index is 278. The highest BCUT2D eigenvalue weighted by molar-refractivity contribution is 9.10. The molecule has 0 fully saturated rings. The van der Waals surface area contributed by atoms with E-state index in [1.807, 2.05) is 0 Å². The van der Waals surface area contributed by atoms with Gasteiger partial charge in [-0.25, -0.2) is 4.39 Å². The van der Waals surface area contributed by atoms with Gasteiger partial charge in [-0.3, -0.25) is 0 Å². The fourth-order valence-electron chi connectivity index (χ4n) is 0.943. The van der Waals surface area contributed by atoms with Crippen molar-refractivity contribution in [3.63, 3.8) is 0 Å². The number of aryl methyl sites for hydroxylation is 1. The molecule has 0 aliphatic carbocycles. The van der Waals surface area contributed by atoms with Gasteiger partial charge in [0.05, 0.1) is 0 Å². The molecule has 0 aromatic heterocycles. The monoisotopic (exact) mass is 253 g/mol. The minimum atomic E-state index is -0.198. The zero-order valence-electron chi connectivity index (χ0n) is 6.60. The van der Waals surface area contributed by atoms with Crippen LogP contribution in [0.5, 0.6) is 0 Å². The van der Waals surface area contributed by atoms with Gasteiger partial charge in [-0.1, -0.05) is 15.9 Å². The van der Waals surface area contributed by atoms with E-state index in [2.05, 4.69) is 15.9 Å². The lowest BCUT2D eigenvalue weighted by Crippen LogP contribution is -2.01. The normalized spacial score (nSPS) is 9.33. The molecule has 68 valence electrons. The summed E-state index contributed by atoms with van der Waals surface area (Å²) in [6, 6.07) is 3.43. The highest BCUT2D eigenvalue weighted by atomic mass is 79.9. The zero-order chi connectivity index (χ0) is 8.43. The predicted molar refractivity (Wildman–Crippen MR) is 54.0 cm³/mol. The van der Waals surface area contributed by atoms with Gasteiger partial charge in [-0.15, -0.1) is 12.4 Å². The molecule has 0 spiro atoms. The summed E-state index contributed by atoms with van der Waals surface area (Å²) >= 11 is 3.27. The van der Waals surface area contributed by atoms with Crippen molar-refractivity contribution in [1.82, 2.24) is 0 Å². The van der Waals surface area contributed by atoms with Crippen LogP contribution < -0.4 is 5.73 Å². The van der Waals surface area contributed by atoms with E-state index in [9.17, 15) is 4.39 Å². The molecular formula is C8H10BrClFN. The molecule has 0 atom stereocenters. The van der Waals surface area contributed by atoms with Crippen molar-refractivity contribution in [3.8, 4) is 0 Å². The molecule has 1 aromatic carbocycles. The first-order valence-electron chi connectivity index (χ1n) is 3.29. The lowest BCUT2D eigenvalue weighted by molar-refractivity contribution is 0.601. The minimum Gasteiger partial charge on any atom is -0.326 e. The van der Waals surface area contributed by atoms with Gasteiger partial charge >= 0.3 is 0 Å². The highest BCUT2D eigenvalue weighted by Crippen LogP contribution is 2.18. The third-order valence-electron chi connectivity index (χ3n) is 1.51. The van der Waals surface area contributed by atoms with Crippen molar-refractivity contribution >= 4 is 28.3 Å². The fraction of sp³-hybridized carbons (Fsp3) is 0.250. The largest absolute Gasteiger partial charge is 0.326 e. The van der Waals surface area contributed by atoms with Crippen molar-refractivity contribution < 1.29 is 4.39 Å². The van der Waals surface area contributed by atoms with Crippen LogP contribution in [-0.4, -0.2) is 0 Å². The fourth-order valence-corrected chi connectivity index (χ4v) is 1.56. The molecular weight excluding hydrogens is 244 g/mol. The van der Waals surface area contributed by atoms with Crippen LogP contribution in [0.3, 0.4) is 0 Å². The van der Waals surface area contributed by atoms with E-state index in [0.717, 1.165) is 4.47 Å². The van der Waals surface area contributed by atoms with Gasteiger partial charge in [0.15, 0.2) is 0 Å². The highest BCUT2D eigenvalue weighted by Gasteiger charge is 2.04. The Balaban J connectivity index is 0.00000121. The lowest BCUT2D eigenvalue weighted by atomic mass is 10.1. The van der Waals surface area contributed by atoms with Crippen molar-refractivity contribution in [3.05, 3.63) is 33.5 Å². The number of hydrogen-bond acceptors (Lipinski definition) is 1. The topological polar surface area (TPSA) is 26.0 Å². The van der Waals surface area contributed by atoms with Crippen LogP contribution in [0.4, 0.5) is 4.39 Å². The lowest BCUT2D eigenvalue weighted by Gasteiger charge is -2.03. The molecule has 0 aliphatic rings. The SMILES string of the molecule is Cc1cc(Br)cc(CN)c1F.Cl. The summed E-state index contributed by atoms with van der Waals surface area (Å²) in [6.07, 6.45) is 0. The van der Waals surface area contributed by atoms with E-state index < -0.39 is 0 Å². The summed E-state index contributed by atoms with van der Waals surface area (Å²) < 4.78 is 14.0. The number of nitrogens with two attached hydrogens (primary N) is 1. The molecule has 0 saturated carbocycles. The van der Waals surface area contributed by atoms with E-state index >= 15 is 0 Å². The van der Waals surface area contributed by atoms with Crippen molar-refractivity contribution in [1.29, 1.82) is 0 Å². The molecule has 1 aromatic rings. The van der Waals surface area contributed by atoms with Gasteiger partial charge < -0.3 is 5.73 Å². The Morgan fingerprint density at radius 2 is 2.08 bits per heavy atom. The molecule has 4 heteroatoms. The molecule has 0 bridgehead atoms.